The Kier molecular flexibility index (Phi) is 20.2. The second kappa shape index (κ2) is 24.7. The topological polar surface area (TPSA) is 45.8 Å². The standard InChI is InChI=1S/C7H11B6.C6H11B4.C4H9B3N2.C4H8B2.C2H4B4N2.CH4B2N2/c1-2-8-6-11-4-12-7-10-3-9-5(1)13(6)7;1-2-8-6-9-4-7-5-10(6)3-1;1-2-8-9-6-3-5-4-7(1)9;1-2-5-4-6-3-1;1-3-7-5-2-6-8(7)4-1;1-2-4-5-3-1/h5-7H,1-4H2;6H,1-5H2;8H,1-4H2;1-4H2;1-2H2;4-5H,1H2. The number of nitrogens with zero attached hydrogens (tertiary/aromatic N) is 3. The molecule has 0 bridgehead atoms. The SMILES string of the molecule is [B]1C[B]C2[B]CCC3[B]C[B]C1B23.[B]1C[B]C2[B]CCCB2C1.[B]1C[B]CCC1.[B]1C[B]N2NCCB2C1.[B]1C[B]N2[B]C[B]N12.[B]1C[B]NN1. The molecule has 0 aromatic heterocycles. The fourth-order valence-electron chi connectivity index (χ4n) is 9.26. The molecule has 27 heteroatoms. The van der Waals surface area contributed by atoms with Crippen molar-refractivity contribution in [2.24, 2.45) is 0 Å². The van der Waals surface area contributed by atoms with Gasteiger partial charge in [0.25, 0.3) is 0 Å². The van der Waals surface area contributed by atoms with Gasteiger partial charge in [-0.1, -0.05) is 87.7 Å². The molecule has 11 saturated heterocycles. The second-order valence-electron chi connectivity index (χ2n) is 15.5. The summed E-state index contributed by atoms with van der Waals surface area (Å²) in [5.74, 6) is 0. The highest BCUT2D eigenvalue weighted by molar-refractivity contribution is 7.06. The van der Waals surface area contributed by atoms with Crippen molar-refractivity contribution in [3.8, 4) is 0 Å². The molecule has 0 saturated carbocycles. The van der Waals surface area contributed by atoms with Crippen LogP contribution in [0.15, 0.2) is 0 Å². The molecule has 11 aliphatic heterocycles. The van der Waals surface area contributed by atoms with Crippen LogP contribution in [0.5, 0.6) is 0 Å². The first-order valence-electron chi connectivity index (χ1n) is 20.8. The lowest BCUT2D eigenvalue weighted by atomic mass is 8.93. The van der Waals surface area contributed by atoms with Gasteiger partial charge in [0.2, 0.25) is 58.7 Å². The Hall–Kier alpha value is 1.12. The minimum atomic E-state index is 0.777. The van der Waals surface area contributed by atoms with Crippen molar-refractivity contribution in [2.75, 3.05) is 6.54 Å². The van der Waals surface area contributed by atoms with Gasteiger partial charge in [-0.15, -0.1) is 47.9 Å². The summed E-state index contributed by atoms with van der Waals surface area (Å²) in [5.41, 5.74) is 6.75. The average molecular weight is 647 g/mol. The van der Waals surface area contributed by atoms with Gasteiger partial charge in [-0.25, -0.2) is 0 Å². The number of hydrazine groups is 3. The quantitative estimate of drug-likeness (QED) is 0.309. The Morgan fingerprint density at radius 2 is 1.20 bits per heavy atom. The monoisotopic (exact) mass is 651 g/mol. The minimum absolute atomic E-state index is 0.777. The van der Waals surface area contributed by atoms with Gasteiger partial charge in [-0.3, -0.25) is 5.43 Å². The minimum Gasteiger partial charge on any atom is -0.350 e. The summed E-state index contributed by atoms with van der Waals surface area (Å²) >= 11 is 0. The van der Waals surface area contributed by atoms with Gasteiger partial charge in [0, 0.05) is 6.54 Å². The second-order valence-corrected chi connectivity index (χ2v) is 15.5. The molecule has 11 aliphatic rings. The molecule has 4 unspecified atom stereocenters. The van der Waals surface area contributed by atoms with E-state index in [1.807, 2.05) is 14.8 Å². The van der Waals surface area contributed by atoms with Crippen LogP contribution < -0.4 is 16.1 Å². The lowest BCUT2D eigenvalue weighted by Gasteiger charge is -2.46. The van der Waals surface area contributed by atoms with Gasteiger partial charge < -0.3 is 25.2 Å². The molecular weight excluding hydrogens is 599 g/mol. The smallest absolute Gasteiger partial charge is 0.219 e. The number of rotatable bonds is 0. The molecule has 11 fully saturated rings. The third kappa shape index (κ3) is 14.2. The summed E-state index contributed by atoms with van der Waals surface area (Å²) in [6, 6.07) is 0. The normalized spacial score (nSPS) is 30.2. The maximum atomic E-state index is 3.32. The number of hydrogen-bond acceptors (Lipinski definition) is 6. The van der Waals surface area contributed by atoms with E-state index >= 15 is 0 Å². The van der Waals surface area contributed by atoms with Crippen molar-refractivity contribution < 1.29 is 0 Å². The first-order valence-corrected chi connectivity index (χ1v) is 20.8. The van der Waals surface area contributed by atoms with Crippen molar-refractivity contribution in [3.05, 3.63) is 0 Å². The zero-order valence-electron chi connectivity index (χ0n) is 31.4. The summed E-state index contributed by atoms with van der Waals surface area (Å²) in [4.78, 5) is 6.49. The molecule has 0 spiro atoms. The molecule has 0 aromatic rings. The van der Waals surface area contributed by atoms with E-state index in [1.54, 1.807) is 0 Å². The first-order chi connectivity index (χ1) is 25.3. The Labute approximate surface area is 329 Å². The Bertz CT molecular complexity index is 814. The van der Waals surface area contributed by atoms with E-state index in [1.165, 1.54) is 94.5 Å². The lowest BCUT2D eigenvalue weighted by molar-refractivity contribution is 0.462. The van der Waals surface area contributed by atoms with Gasteiger partial charge in [-0.2, -0.15) is 0 Å². The highest BCUT2D eigenvalue weighted by atomic mass is 15.5. The summed E-state index contributed by atoms with van der Waals surface area (Å²) in [7, 11) is 41.8. The van der Waals surface area contributed by atoms with E-state index in [9.17, 15) is 0 Å². The summed E-state index contributed by atoms with van der Waals surface area (Å²) < 4.78 is 0. The summed E-state index contributed by atoms with van der Waals surface area (Å²) in [6.45, 7) is 3.84. The number of nitrogens with one attached hydrogen (secondary N) is 3. The van der Waals surface area contributed by atoms with Gasteiger partial charge >= 0.3 is 0 Å². The summed E-state index contributed by atoms with van der Waals surface area (Å²) in [5, 5.41) is 5.58. The molecule has 0 aliphatic carbocycles. The maximum Gasteiger partial charge on any atom is 0.219 e. The zero-order chi connectivity index (χ0) is 34.8. The van der Waals surface area contributed by atoms with Crippen LogP contribution >= 0.6 is 0 Å². The predicted octanol–water partition coefficient (Wildman–Crippen LogP) is -0.502. The van der Waals surface area contributed by atoms with Crippen molar-refractivity contribution in [1.82, 2.24) is 30.6 Å². The molecule has 11 rings (SSSR count). The van der Waals surface area contributed by atoms with Crippen LogP contribution in [0.1, 0.15) is 19.3 Å². The van der Waals surface area contributed by atoms with Crippen LogP contribution in [0.2, 0.25) is 123 Å². The molecule has 51 heavy (non-hydrogen) atoms. The van der Waals surface area contributed by atoms with Gasteiger partial charge in [0.1, 0.15) is 28.0 Å². The lowest BCUT2D eigenvalue weighted by Crippen LogP contribution is -2.53. The highest BCUT2D eigenvalue weighted by Gasteiger charge is 2.45. The number of hydrogen-bond donors (Lipinski definition) is 3. The Morgan fingerprint density at radius 3 is 1.84 bits per heavy atom. The van der Waals surface area contributed by atoms with Gasteiger partial charge in [-0.05, 0) is 6.32 Å². The van der Waals surface area contributed by atoms with Gasteiger partial charge in [0.15, 0.2) is 0 Å². The van der Waals surface area contributed by atoms with Crippen molar-refractivity contribution >= 4 is 152 Å². The van der Waals surface area contributed by atoms with E-state index in [2.05, 4.69) is 148 Å². The van der Waals surface area contributed by atoms with Crippen LogP contribution in [-0.4, -0.2) is 173 Å². The third-order valence-corrected chi connectivity index (χ3v) is 12.0. The fourth-order valence-corrected chi connectivity index (χ4v) is 9.26. The third-order valence-electron chi connectivity index (χ3n) is 12.0. The molecule has 4 atom stereocenters. The van der Waals surface area contributed by atoms with Crippen molar-refractivity contribution in [1.29, 1.82) is 0 Å². The Morgan fingerprint density at radius 1 is 0.510 bits per heavy atom. The molecule has 18 radical (unpaired) electrons. The first kappa shape index (κ1) is 41.7. The molecular formula is C24H47B21N6. The van der Waals surface area contributed by atoms with E-state index in [0.717, 1.165) is 74.3 Å². The molecule has 0 amide bonds. The summed E-state index contributed by atoms with van der Waals surface area (Å²) in [6.07, 6.45) is 24.3. The van der Waals surface area contributed by atoms with Crippen molar-refractivity contribution in [2.45, 2.75) is 142 Å². The largest absolute Gasteiger partial charge is 0.350 e. The van der Waals surface area contributed by atoms with E-state index in [-0.39, 0.29) is 0 Å². The van der Waals surface area contributed by atoms with Crippen LogP contribution in [0.25, 0.3) is 0 Å². The number of fused-ring (bicyclic) bond motifs is 3. The Balaban J connectivity index is 0.000000108. The van der Waals surface area contributed by atoms with Crippen LogP contribution in [0.4, 0.5) is 0 Å². The predicted molar refractivity (Wildman–Crippen MR) is 246 cm³/mol. The molecule has 3 N–H and O–H groups in total. The maximum absolute atomic E-state index is 3.32. The van der Waals surface area contributed by atoms with Crippen molar-refractivity contribution in [3.63, 3.8) is 0 Å². The van der Waals surface area contributed by atoms with E-state index < -0.39 is 0 Å². The molecule has 6 nitrogen and oxygen atoms in total. The average Bonchev–Trinajstić information content (AvgIpc) is 4.05. The van der Waals surface area contributed by atoms with E-state index in [4.69, 9.17) is 0 Å². The zero-order valence-corrected chi connectivity index (χ0v) is 31.4. The fraction of sp³-hybridized carbons (Fsp3) is 1.00. The van der Waals surface area contributed by atoms with Crippen LogP contribution in [0, 0.1) is 0 Å². The van der Waals surface area contributed by atoms with Crippen LogP contribution in [-0.2, 0) is 0 Å². The highest BCUT2D eigenvalue weighted by Crippen LogP contribution is 2.43. The van der Waals surface area contributed by atoms with Gasteiger partial charge in [0.05, 0.1) is 65.5 Å². The molecule has 0 aromatic carbocycles. The molecule has 236 valence electrons. The molecule has 11 heterocycles. The van der Waals surface area contributed by atoms with Crippen LogP contribution in [0.3, 0.4) is 0 Å². The van der Waals surface area contributed by atoms with E-state index in [0.29, 0.717) is 0 Å².